The van der Waals surface area contributed by atoms with Gasteiger partial charge in [-0.1, -0.05) is 92.5 Å². The number of hydrogen-bond acceptors (Lipinski definition) is 1. The van der Waals surface area contributed by atoms with Crippen LogP contribution >= 0.6 is 0 Å². The molecular formula is C25H27NSi. The minimum absolute atomic E-state index is 0.611. The van der Waals surface area contributed by atoms with E-state index in [1.54, 1.807) is 0 Å². The molecule has 1 saturated carbocycles. The van der Waals surface area contributed by atoms with Crippen molar-refractivity contribution in [2.45, 2.75) is 31.6 Å². The zero-order chi connectivity index (χ0) is 19.0. The van der Waals surface area contributed by atoms with Crippen LogP contribution in [0.3, 0.4) is 0 Å². The lowest BCUT2D eigenvalue weighted by Gasteiger charge is -2.23. The molecule has 0 heterocycles. The second kappa shape index (κ2) is 6.93. The number of allylic oxidation sites excluding steroid dienone is 5. The van der Waals surface area contributed by atoms with Crippen LogP contribution in [0.2, 0.25) is 25.2 Å². The van der Waals surface area contributed by atoms with Crippen LogP contribution in [0.5, 0.6) is 0 Å². The van der Waals surface area contributed by atoms with Crippen molar-refractivity contribution in [3.8, 4) is 0 Å². The molecule has 2 aromatic carbocycles. The van der Waals surface area contributed by atoms with Gasteiger partial charge in [-0.3, -0.25) is 0 Å². The van der Waals surface area contributed by atoms with Crippen molar-refractivity contribution >= 4 is 19.4 Å². The van der Waals surface area contributed by atoms with Gasteiger partial charge in [0.2, 0.25) is 0 Å². The topological polar surface area (TPSA) is 23.9 Å². The van der Waals surface area contributed by atoms with Crippen LogP contribution in [0.15, 0.2) is 90.0 Å². The van der Waals surface area contributed by atoms with Gasteiger partial charge in [-0.05, 0) is 46.2 Å². The van der Waals surface area contributed by atoms with Crippen LogP contribution in [0, 0.1) is 11.3 Å². The highest BCUT2D eigenvalue weighted by Crippen LogP contribution is 2.58. The Hall–Kier alpha value is -2.45. The standard InChI is InChI=1S/C25H27NSi/c1-27(2,3)23-17-21(23)20-15-10-16-22(26)25(20)24(18-11-6-4-7-12-18)19-13-8-5-9-14-19/h4-16,21,23,26H,17H2,1-3H3/t21-,23+/m0/s1. The van der Waals surface area contributed by atoms with Gasteiger partial charge in [0, 0.05) is 13.6 Å². The molecule has 2 aromatic rings. The molecule has 4 rings (SSSR count). The Morgan fingerprint density at radius 2 is 1.44 bits per heavy atom. The maximum Gasteiger partial charge on any atom is 0.0621 e. The van der Waals surface area contributed by atoms with Crippen molar-refractivity contribution < 1.29 is 0 Å². The molecule has 0 amide bonds. The van der Waals surface area contributed by atoms with Crippen LogP contribution < -0.4 is 0 Å². The molecule has 2 heteroatoms. The van der Waals surface area contributed by atoms with E-state index in [2.05, 4.69) is 92.5 Å². The molecule has 1 nitrogen and oxygen atoms in total. The second-order valence-electron chi connectivity index (χ2n) is 8.69. The van der Waals surface area contributed by atoms with Gasteiger partial charge >= 0.3 is 0 Å². The molecule has 0 bridgehead atoms. The summed E-state index contributed by atoms with van der Waals surface area (Å²) in [5.74, 6) is 0.611. The third-order valence-corrected chi connectivity index (χ3v) is 8.64. The Bertz CT molecular complexity index is 901. The van der Waals surface area contributed by atoms with Gasteiger partial charge in [0.25, 0.3) is 0 Å². The van der Waals surface area contributed by atoms with E-state index in [0.717, 1.165) is 11.1 Å². The van der Waals surface area contributed by atoms with Crippen LogP contribution in [-0.2, 0) is 0 Å². The zero-order valence-electron chi connectivity index (χ0n) is 16.4. The molecule has 136 valence electrons. The minimum Gasteiger partial charge on any atom is -0.300 e. The van der Waals surface area contributed by atoms with Crippen molar-refractivity contribution in [1.29, 1.82) is 5.41 Å². The molecule has 2 atom stereocenters. The normalized spacial score (nSPS) is 21.8. The smallest absolute Gasteiger partial charge is 0.0621 e. The van der Waals surface area contributed by atoms with Gasteiger partial charge in [0.1, 0.15) is 0 Å². The predicted molar refractivity (Wildman–Crippen MR) is 119 cm³/mol. The summed E-state index contributed by atoms with van der Waals surface area (Å²) in [6.07, 6.45) is 7.55. The van der Waals surface area contributed by atoms with Gasteiger partial charge in [0.05, 0.1) is 5.71 Å². The summed E-state index contributed by atoms with van der Waals surface area (Å²) in [5, 5.41) is 8.77. The molecule has 27 heavy (non-hydrogen) atoms. The molecule has 0 aliphatic heterocycles. The van der Waals surface area contributed by atoms with Crippen LogP contribution in [0.4, 0.5) is 0 Å². The van der Waals surface area contributed by atoms with E-state index in [1.807, 2.05) is 6.08 Å². The summed E-state index contributed by atoms with van der Waals surface area (Å²) in [7, 11) is -1.17. The molecule has 0 unspecified atom stereocenters. The quantitative estimate of drug-likeness (QED) is 0.578. The summed E-state index contributed by atoms with van der Waals surface area (Å²) in [6, 6.07) is 21.1. The average molecular weight is 370 g/mol. The Morgan fingerprint density at radius 1 is 0.889 bits per heavy atom. The molecular weight excluding hydrogens is 342 g/mol. The van der Waals surface area contributed by atoms with Crippen molar-refractivity contribution in [1.82, 2.24) is 0 Å². The Labute approximate surface area is 163 Å². The molecule has 2 aliphatic carbocycles. The van der Waals surface area contributed by atoms with Gasteiger partial charge in [0.15, 0.2) is 0 Å². The molecule has 1 N–H and O–H groups in total. The first-order valence-corrected chi connectivity index (χ1v) is 13.4. The van der Waals surface area contributed by atoms with E-state index < -0.39 is 8.07 Å². The molecule has 0 saturated heterocycles. The number of benzene rings is 2. The first-order chi connectivity index (χ1) is 13.0. The Balaban J connectivity index is 1.90. The molecule has 0 spiro atoms. The van der Waals surface area contributed by atoms with Crippen molar-refractivity contribution in [3.63, 3.8) is 0 Å². The third kappa shape index (κ3) is 3.54. The zero-order valence-corrected chi connectivity index (χ0v) is 17.4. The highest BCUT2D eigenvalue weighted by molar-refractivity contribution is 6.78. The molecule has 1 fully saturated rings. The highest BCUT2D eigenvalue weighted by Gasteiger charge is 2.49. The van der Waals surface area contributed by atoms with Gasteiger partial charge in [-0.15, -0.1) is 0 Å². The monoisotopic (exact) mass is 369 g/mol. The van der Waals surface area contributed by atoms with E-state index in [0.29, 0.717) is 11.6 Å². The summed E-state index contributed by atoms with van der Waals surface area (Å²) in [4.78, 5) is 0. The fourth-order valence-corrected chi connectivity index (χ4v) is 6.67. The SMILES string of the molecule is C[Si](C)(C)[C@@H]1C[C@H]1C1=CC=CC(=N)C1=C(c1ccccc1)c1ccccc1. The van der Waals surface area contributed by atoms with E-state index in [9.17, 15) is 0 Å². The second-order valence-corrected chi connectivity index (χ2v) is 14.2. The summed E-state index contributed by atoms with van der Waals surface area (Å²) < 4.78 is 0. The van der Waals surface area contributed by atoms with Crippen LogP contribution in [0.1, 0.15) is 17.5 Å². The average Bonchev–Trinajstić information content (AvgIpc) is 3.46. The van der Waals surface area contributed by atoms with Crippen molar-refractivity contribution in [2.24, 2.45) is 5.92 Å². The maximum atomic E-state index is 8.77. The van der Waals surface area contributed by atoms with Gasteiger partial charge in [-0.2, -0.15) is 0 Å². The fourth-order valence-electron chi connectivity index (χ4n) is 4.32. The lowest BCUT2D eigenvalue weighted by Crippen LogP contribution is -2.22. The van der Waals surface area contributed by atoms with Gasteiger partial charge < -0.3 is 5.41 Å². The summed E-state index contributed by atoms with van der Waals surface area (Å²) in [5.41, 5.74) is 7.53. The first kappa shape index (κ1) is 17.9. The lowest BCUT2D eigenvalue weighted by atomic mass is 9.83. The summed E-state index contributed by atoms with van der Waals surface area (Å²) >= 11 is 0. The number of rotatable bonds is 4. The van der Waals surface area contributed by atoms with Gasteiger partial charge in [-0.25, -0.2) is 0 Å². The van der Waals surface area contributed by atoms with Crippen LogP contribution in [-0.4, -0.2) is 13.8 Å². The summed E-state index contributed by atoms with van der Waals surface area (Å²) in [6.45, 7) is 7.42. The Morgan fingerprint density at radius 3 is 1.93 bits per heavy atom. The van der Waals surface area contributed by atoms with E-state index in [1.165, 1.54) is 28.7 Å². The van der Waals surface area contributed by atoms with E-state index in [-0.39, 0.29) is 0 Å². The maximum absolute atomic E-state index is 8.77. The Kier molecular flexibility index (Phi) is 4.61. The third-order valence-electron chi connectivity index (χ3n) is 5.77. The highest BCUT2D eigenvalue weighted by atomic mass is 28.3. The predicted octanol–water partition coefficient (Wildman–Crippen LogP) is 6.73. The van der Waals surface area contributed by atoms with E-state index >= 15 is 0 Å². The number of nitrogens with one attached hydrogen (secondary N) is 1. The van der Waals surface area contributed by atoms with Crippen molar-refractivity contribution in [3.05, 3.63) is 101 Å². The van der Waals surface area contributed by atoms with Crippen LogP contribution in [0.25, 0.3) is 5.57 Å². The minimum atomic E-state index is -1.17. The van der Waals surface area contributed by atoms with E-state index in [4.69, 9.17) is 5.41 Å². The molecule has 0 radical (unpaired) electrons. The van der Waals surface area contributed by atoms with Crippen molar-refractivity contribution in [2.75, 3.05) is 0 Å². The first-order valence-electron chi connectivity index (χ1n) is 9.79. The molecule has 2 aliphatic rings. The fraction of sp³-hybridized carbons (Fsp3) is 0.240. The lowest BCUT2D eigenvalue weighted by molar-refractivity contribution is 1.02. The largest absolute Gasteiger partial charge is 0.300 e. The molecule has 0 aromatic heterocycles. The number of hydrogen-bond donors (Lipinski definition) is 1.